The highest BCUT2D eigenvalue weighted by atomic mass is 35.5. The Morgan fingerprint density at radius 1 is 1.24 bits per heavy atom. The van der Waals surface area contributed by atoms with Crippen LogP contribution in [0.1, 0.15) is 5.56 Å². The number of thiazole rings is 1. The fraction of sp³-hybridized carbons (Fsp3) is 0.222. The highest BCUT2D eigenvalue weighted by Gasteiger charge is 2.08. The predicted octanol–water partition coefficient (Wildman–Crippen LogP) is 4.42. The van der Waals surface area contributed by atoms with E-state index in [1.54, 1.807) is 11.3 Å². The Kier molecular flexibility index (Phi) is 5.83. The van der Waals surface area contributed by atoms with Crippen LogP contribution in [0.5, 0.6) is 0 Å². The molecule has 7 heteroatoms. The summed E-state index contributed by atoms with van der Waals surface area (Å²) >= 11 is 9.00. The largest absolute Gasteiger partial charge is 0.378 e. The van der Waals surface area contributed by atoms with Crippen molar-refractivity contribution in [2.75, 3.05) is 24.7 Å². The minimum atomic E-state index is -0.000949. The summed E-state index contributed by atoms with van der Waals surface area (Å²) in [6.45, 7) is 0.530. The number of thioether (sulfide) groups is 1. The van der Waals surface area contributed by atoms with Crippen LogP contribution in [0.3, 0.4) is 0 Å². The van der Waals surface area contributed by atoms with Crippen LogP contribution < -0.4 is 10.2 Å². The smallest absolute Gasteiger partial charge is 0.230 e. The molecule has 1 amide bonds. The van der Waals surface area contributed by atoms with E-state index in [4.69, 9.17) is 11.6 Å². The van der Waals surface area contributed by atoms with Crippen molar-refractivity contribution < 1.29 is 4.79 Å². The highest BCUT2D eigenvalue weighted by molar-refractivity contribution is 8.01. The summed E-state index contributed by atoms with van der Waals surface area (Å²) in [5, 5.41) is 3.62. The van der Waals surface area contributed by atoms with E-state index in [0.717, 1.165) is 25.8 Å². The number of aromatic nitrogens is 1. The number of carbonyl (C=O) groups excluding carboxylic acids is 1. The van der Waals surface area contributed by atoms with E-state index in [9.17, 15) is 4.79 Å². The molecule has 4 nitrogen and oxygen atoms in total. The van der Waals surface area contributed by atoms with Gasteiger partial charge in [0.15, 0.2) is 4.34 Å². The lowest BCUT2D eigenvalue weighted by Gasteiger charge is -2.12. The number of fused-ring (bicyclic) bond motifs is 1. The topological polar surface area (TPSA) is 45.2 Å². The predicted molar refractivity (Wildman–Crippen MR) is 108 cm³/mol. The van der Waals surface area contributed by atoms with Gasteiger partial charge in [-0.05, 0) is 35.9 Å². The molecule has 0 saturated carbocycles. The molecule has 25 heavy (non-hydrogen) atoms. The van der Waals surface area contributed by atoms with E-state index in [1.807, 2.05) is 61.5 Å². The minimum Gasteiger partial charge on any atom is -0.378 e. The molecule has 0 aliphatic rings. The van der Waals surface area contributed by atoms with Crippen LogP contribution in [0.4, 0.5) is 5.69 Å². The van der Waals surface area contributed by atoms with Gasteiger partial charge in [-0.2, -0.15) is 0 Å². The van der Waals surface area contributed by atoms with Crippen LogP contribution in [0.2, 0.25) is 5.02 Å². The first-order valence-corrected chi connectivity index (χ1v) is 9.91. The van der Waals surface area contributed by atoms with Gasteiger partial charge in [0.25, 0.3) is 0 Å². The summed E-state index contributed by atoms with van der Waals surface area (Å²) in [6, 6.07) is 13.8. The molecule has 1 heterocycles. The van der Waals surface area contributed by atoms with Gasteiger partial charge in [-0.3, -0.25) is 4.79 Å². The molecule has 0 saturated heterocycles. The second-order valence-corrected chi connectivity index (χ2v) is 8.41. The molecule has 0 radical (unpaired) electrons. The molecule has 0 spiro atoms. The fourth-order valence-electron chi connectivity index (χ4n) is 2.23. The summed E-state index contributed by atoms with van der Waals surface area (Å²) in [6.07, 6.45) is 0. The number of carbonyl (C=O) groups is 1. The van der Waals surface area contributed by atoms with Crippen molar-refractivity contribution in [3.63, 3.8) is 0 Å². The van der Waals surface area contributed by atoms with Gasteiger partial charge < -0.3 is 10.2 Å². The normalized spacial score (nSPS) is 10.8. The van der Waals surface area contributed by atoms with Gasteiger partial charge in [-0.25, -0.2) is 4.98 Å². The van der Waals surface area contributed by atoms with Gasteiger partial charge in [-0.15, -0.1) is 11.3 Å². The van der Waals surface area contributed by atoms with Crippen molar-refractivity contribution in [2.24, 2.45) is 0 Å². The number of anilines is 1. The van der Waals surface area contributed by atoms with Crippen molar-refractivity contribution in [2.45, 2.75) is 10.9 Å². The van der Waals surface area contributed by atoms with Crippen LogP contribution in [-0.4, -0.2) is 30.7 Å². The standard InChI is InChI=1S/C18H18ClN3OS2/c1-22(2)14-6-3-12(4-7-14)10-20-17(23)11-24-18-21-15-9-13(19)5-8-16(15)25-18/h3-9H,10-11H2,1-2H3,(H,20,23). The number of benzene rings is 2. The third kappa shape index (κ3) is 4.87. The summed E-state index contributed by atoms with van der Waals surface area (Å²) in [4.78, 5) is 18.6. The Morgan fingerprint density at radius 3 is 2.72 bits per heavy atom. The van der Waals surface area contributed by atoms with Crippen molar-refractivity contribution in [3.8, 4) is 0 Å². The number of halogens is 1. The summed E-state index contributed by atoms with van der Waals surface area (Å²) in [5.41, 5.74) is 3.10. The third-order valence-corrected chi connectivity index (χ3v) is 6.01. The number of amides is 1. The van der Waals surface area contributed by atoms with E-state index in [1.165, 1.54) is 11.8 Å². The van der Waals surface area contributed by atoms with Gasteiger partial charge in [0, 0.05) is 31.4 Å². The maximum absolute atomic E-state index is 12.0. The van der Waals surface area contributed by atoms with Gasteiger partial charge in [-0.1, -0.05) is 35.5 Å². The number of hydrogen-bond acceptors (Lipinski definition) is 5. The molecule has 3 rings (SSSR count). The van der Waals surface area contributed by atoms with E-state index in [-0.39, 0.29) is 5.91 Å². The molecule has 0 aliphatic heterocycles. The lowest BCUT2D eigenvalue weighted by Crippen LogP contribution is -2.24. The van der Waals surface area contributed by atoms with Crippen LogP contribution in [-0.2, 0) is 11.3 Å². The van der Waals surface area contributed by atoms with Crippen molar-refractivity contribution in [1.29, 1.82) is 0 Å². The summed E-state index contributed by atoms with van der Waals surface area (Å²) < 4.78 is 1.95. The average Bonchev–Trinajstić information content (AvgIpc) is 3.00. The van der Waals surface area contributed by atoms with Crippen molar-refractivity contribution in [1.82, 2.24) is 10.3 Å². The van der Waals surface area contributed by atoms with Gasteiger partial charge >= 0.3 is 0 Å². The molecule has 0 fully saturated rings. The van der Waals surface area contributed by atoms with E-state index >= 15 is 0 Å². The lowest BCUT2D eigenvalue weighted by molar-refractivity contribution is -0.118. The second-order valence-electron chi connectivity index (χ2n) is 5.72. The maximum atomic E-state index is 12.0. The SMILES string of the molecule is CN(C)c1ccc(CNC(=O)CSc2nc3cc(Cl)ccc3s2)cc1. The molecule has 3 aromatic rings. The highest BCUT2D eigenvalue weighted by Crippen LogP contribution is 2.30. The number of nitrogens with zero attached hydrogens (tertiary/aromatic N) is 2. The molecule has 0 unspecified atom stereocenters. The summed E-state index contributed by atoms with van der Waals surface area (Å²) in [7, 11) is 4.01. The first-order chi connectivity index (χ1) is 12.0. The Labute approximate surface area is 160 Å². The number of rotatable bonds is 6. The second kappa shape index (κ2) is 8.08. The molecular weight excluding hydrogens is 374 g/mol. The monoisotopic (exact) mass is 391 g/mol. The van der Waals surface area contributed by atoms with Crippen molar-refractivity contribution >= 4 is 56.5 Å². The van der Waals surface area contributed by atoms with Gasteiger partial charge in [0.05, 0.1) is 16.0 Å². The average molecular weight is 392 g/mol. The molecule has 0 bridgehead atoms. The zero-order chi connectivity index (χ0) is 17.8. The third-order valence-electron chi connectivity index (χ3n) is 3.60. The molecule has 0 atom stereocenters. The van der Waals surface area contributed by atoms with Crippen LogP contribution in [0.25, 0.3) is 10.2 Å². The zero-order valence-electron chi connectivity index (χ0n) is 14.0. The van der Waals surface area contributed by atoms with Crippen LogP contribution in [0, 0.1) is 0 Å². The molecule has 1 aromatic heterocycles. The zero-order valence-corrected chi connectivity index (χ0v) is 16.3. The Balaban J connectivity index is 1.50. The van der Waals surface area contributed by atoms with E-state index < -0.39 is 0 Å². The molecule has 1 N–H and O–H groups in total. The Morgan fingerprint density at radius 2 is 2.00 bits per heavy atom. The fourth-order valence-corrected chi connectivity index (χ4v) is 4.28. The first-order valence-electron chi connectivity index (χ1n) is 7.73. The Hall–Kier alpha value is -1.76. The molecular formula is C18H18ClN3OS2. The molecule has 130 valence electrons. The van der Waals surface area contributed by atoms with Crippen LogP contribution in [0.15, 0.2) is 46.8 Å². The van der Waals surface area contributed by atoms with E-state index in [0.29, 0.717) is 17.3 Å². The number of hydrogen-bond donors (Lipinski definition) is 1. The van der Waals surface area contributed by atoms with Crippen LogP contribution >= 0.6 is 34.7 Å². The summed E-state index contributed by atoms with van der Waals surface area (Å²) in [5.74, 6) is 0.350. The van der Waals surface area contributed by atoms with Gasteiger partial charge in [0.1, 0.15) is 0 Å². The first kappa shape index (κ1) is 18.0. The quantitative estimate of drug-likeness (QED) is 0.631. The number of nitrogens with one attached hydrogen (secondary N) is 1. The molecule has 2 aromatic carbocycles. The Bertz CT molecular complexity index is 878. The van der Waals surface area contributed by atoms with Crippen molar-refractivity contribution in [3.05, 3.63) is 53.1 Å². The maximum Gasteiger partial charge on any atom is 0.230 e. The lowest BCUT2D eigenvalue weighted by atomic mass is 10.2. The minimum absolute atomic E-state index is 0.000949. The molecule has 0 aliphatic carbocycles. The van der Waals surface area contributed by atoms with Gasteiger partial charge in [0.2, 0.25) is 5.91 Å². The van der Waals surface area contributed by atoms with E-state index in [2.05, 4.69) is 10.3 Å².